The number of allylic oxidation sites excluding steroid dienone is 2. The lowest BCUT2D eigenvalue weighted by atomic mass is 10.0. The van der Waals surface area contributed by atoms with Crippen LogP contribution in [0.5, 0.6) is 0 Å². The third kappa shape index (κ3) is 4.85. The van der Waals surface area contributed by atoms with Gasteiger partial charge in [0.05, 0.1) is 27.1 Å². The van der Waals surface area contributed by atoms with Gasteiger partial charge in [0.2, 0.25) is 0 Å². The minimum absolute atomic E-state index is 0.0132. The maximum atomic E-state index is 12.1. The Morgan fingerprint density at radius 2 is 1.81 bits per heavy atom. The van der Waals surface area contributed by atoms with Gasteiger partial charge in [-0.25, -0.2) is 4.79 Å². The Morgan fingerprint density at radius 3 is 2.31 bits per heavy atom. The summed E-state index contributed by atoms with van der Waals surface area (Å²) in [5, 5.41) is 21.7. The number of ether oxygens (including phenoxy) is 2. The number of esters is 1. The molecule has 0 aliphatic carbocycles. The molecule has 1 aliphatic rings. The number of carbonyl (C=O) groups excluding carboxylic acids is 1. The number of nitrogens with zero attached hydrogens (tertiary/aromatic N) is 2. The first-order valence-corrected chi connectivity index (χ1v) is 8.04. The van der Waals surface area contributed by atoms with Gasteiger partial charge in [-0.05, 0) is 33.6 Å². The first-order valence-electron chi connectivity index (χ1n) is 8.04. The monoisotopic (exact) mass is 364 g/mol. The van der Waals surface area contributed by atoms with Gasteiger partial charge >= 0.3 is 5.97 Å². The van der Waals surface area contributed by atoms with E-state index in [9.17, 15) is 25.0 Å². The van der Waals surface area contributed by atoms with Crippen molar-refractivity contribution in [3.05, 3.63) is 55.6 Å². The van der Waals surface area contributed by atoms with Gasteiger partial charge in [0, 0.05) is 12.1 Å². The van der Waals surface area contributed by atoms with Crippen molar-refractivity contribution in [1.29, 1.82) is 0 Å². The molecule has 0 bridgehead atoms. The highest BCUT2D eigenvalue weighted by atomic mass is 16.6. The molecule has 0 N–H and O–H groups in total. The van der Waals surface area contributed by atoms with E-state index in [2.05, 4.69) is 6.08 Å². The zero-order valence-electron chi connectivity index (χ0n) is 14.8. The summed E-state index contributed by atoms with van der Waals surface area (Å²) in [5.74, 6) is -0.862. The van der Waals surface area contributed by atoms with E-state index in [0.717, 1.165) is 31.0 Å². The van der Waals surface area contributed by atoms with E-state index < -0.39 is 27.2 Å². The Morgan fingerprint density at radius 1 is 1.23 bits per heavy atom. The summed E-state index contributed by atoms with van der Waals surface area (Å²) < 4.78 is 10.7. The van der Waals surface area contributed by atoms with E-state index >= 15 is 0 Å². The van der Waals surface area contributed by atoms with Gasteiger partial charge in [-0.2, -0.15) is 0 Å². The smallest absolute Gasteiger partial charge is 0.338 e. The number of benzene rings is 1. The minimum atomic E-state index is -0.862. The molecule has 1 aliphatic heterocycles. The normalized spacial score (nSPS) is 21.0. The average molecular weight is 364 g/mol. The van der Waals surface area contributed by atoms with Crippen molar-refractivity contribution in [2.75, 3.05) is 6.61 Å². The maximum absolute atomic E-state index is 12.1. The molecule has 0 spiro atoms. The molecule has 1 aromatic carbocycles. The van der Waals surface area contributed by atoms with Crippen LogP contribution in [0, 0.1) is 20.2 Å². The molecule has 9 heteroatoms. The summed E-state index contributed by atoms with van der Waals surface area (Å²) >= 11 is 0. The standard InChI is InChI=1S/C17H20N2O7/c1-11(2)5-4-6-17(3)15(26-17)10-25-16(20)12-7-13(18(21)22)9-14(8-12)19(23)24/h5,7-9,15H,4,6,10H2,1-3H3/t15-,17-/m0/s1. The molecular formula is C17H20N2O7. The van der Waals surface area contributed by atoms with Gasteiger partial charge in [-0.1, -0.05) is 11.6 Å². The van der Waals surface area contributed by atoms with Crippen LogP contribution in [0.4, 0.5) is 11.4 Å². The topological polar surface area (TPSA) is 125 Å². The minimum Gasteiger partial charge on any atom is -0.459 e. The largest absolute Gasteiger partial charge is 0.459 e. The fourth-order valence-electron chi connectivity index (χ4n) is 2.53. The molecule has 26 heavy (non-hydrogen) atoms. The number of rotatable bonds is 8. The lowest BCUT2D eigenvalue weighted by Gasteiger charge is -2.06. The molecule has 140 valence electrons. The van der Waals surface area contributed by atoms with Crippen LogP contribution in [0.2, 0.25) is 0 Å². The summed E-state index contributed by atoms with van der Waals surface area (Å²) in [6.07, 6.45) is 3.46. The number of carbonyl (C=O) groups is 1. The van der Waals surface area contributed by atoms with E-state index in [1.165, 1.54) is 5.57 Å². The van der Waals surface area contributed by atoms with Crippen molar-refractivity contribution in [3.8, 4) is 0 Å². The fourth-order valence-corrected chi connectivity index (χ4v) is 2.53. The molecule has 1 saturated heterocycles. The summed E-state index contributed by atoms with van der Waals surface area (Å²) in [5.41, 5.74) is -0.482. The van der Waals surface area contributed by atoms with Crippen molar-refractivity contribution in [3.63, 3.8) is 0 Å². The molecule has 1 aromatic rings. The van der Waals surface area contributed by atoms with E-state index in [-0.39, 0.29) is 23.9 Å². The van der Waals surface area contributed by atoms with Crippen molar-refractivity contribution < 1.29 is 24.1 Å². The molecule has 0 saturated carbocycles. The van der Waals surface area contributed by atoms with E-state index in [0.29, 0.717) is 0 Å². The lowest BCUT2D eigenvalue weighted by Crippen LogP contribution is -2.17. The van der Waals surface area contributed by atoms with Gasteiger partial charge in [0.15, 0.2) is 0 Å². The number of nitro groups is 2. The van der Waals surface area contributed by atoms with Gasteiger partial charge in [-0.3, -0.25) is 20.2 Å². The van der Waals surface area contributed by atoms with E-state index in [4.69, 9.17) is 9.47 Å². The molecule has 0 aromatic heterocycles. The van der Waals surface area contributed by atoms with Crippen LogP contribution >= 0.6 is 0 Å². The van der Waals surface area contributed by atoms with Crippen LogP contribution in [0.25, 0.3) is 0 Å². The quantitative estimate of drug-likeness (QED) is 0.227. The lowest BCUT2D eigenvalue weighted by molar-refractivity contribution is -0.394. The van der Waals surface area contributed by atoms with Crippen LogP contribution in [0.3, 0.4) is 0 Å². The molecule has 2 atom stereocenters. The Labute approximate surface area is 149 Å². The van der Waals surface area contributed by atoms with Crippen molar-refractivity contribution >= 4 is 17.3 Å². The molecule has 0 amide bonds. The highest BCUT2D eigenvalue weighted by Crippen LogP contribution is 2.40. The van der Waals surface area contributed by atoms with Gasteiger partial charge < -0.3 is 9.47 Å². The first kappa shape index (κ1) is 19.5. The SMILES string of the molecule is CC(C)=CCC[C@]1(C)O[C@H]1COC(=O)c1cc([N+](=O)[O-])cc([N+](=O)[O-])c1. The average Bonchev–Trinajstić information content (AvgIpc) is 3.21. The highest BCUT2D eigenvalue weighted by Gasteiger charge is 2.52. The summed E-state index contributed by atoms with van der Waals surface area (Å²) in [7, 11) is 0. The Hall–Kier alpha value is -2.81. The van der Waals surface area contributed by atoms with E-state index in [1.54, 1.807) is 0 Å². The molecule has 0 unspecified atom stereocenters. The van der Waals surface area contributed by atoms with Crippen molar-refractivity contribution in [2.45, 2.75) is 45.3 Å². The van der Waals surface area contributed by atoms with Crippen molar-refractivity contribution in [2.24, 2.45) is 0 Å². The Bertz CT molecular complexity index is 738. The van der Waals surface area contributed by atoms with Crippen LogP contribution in [-0.2, 0) is 9.47 Å². The van der Waals surface area contributed by atoms with Crippen LogP contribution in [0.1, 0.15) is 44.0 Å². The predicted octanol–water partition coefficient (Wildman–Crippen LogP) is 3.56. The zero-order valence-corrected chi connectivity index (χ0v) is 14.8. The summed E-state index contributed by atoms with van der Waals surface area (Å²) in [6.45, 7) is 5.92. The molecule has 2 rings (SSSR count). The second-order valence-corrected chi connectivity index (χ2v) is 6.59. The molecular weight excluding hydrogens is 344 g/mol. The zero-order chi connectivity index (χ0) is 19.5. The Balaban J connectivity index is 1.98. The third-order valence-electron chi connectivity index (χ3n) is 4.15. The first-order chi connectivity index (χ1) is 12.1. The maximum Gasteiger partial charge on any atom is 0.338 e. The number of hydrogen-bond donors (Lipinski definition) is 0. The van der Waals surface area contributed by atoms with Crippen LogP contribution < -0.4 is 0 Å². The fraction of sp³-hybridized carbons (Fsp3) is 0.471. The highest BCUT2D eigenvalue weighted by molar-refractivity contribution is 5.91. The summed E-state index contributed by atoms with van der Waals surface area (Å²) in [6, 6.07) is 2.70. The van der Waals surface area contributed by atoms with Gasteiger partial charge in [0.25, 0.3) is 11.4 Å². The Kier molecular flexibility index (Phi) is 5.71. The number of hydrogen-bond acceptors (Lipinski definition) is 7. The predicted molar refractivity (Wildman–Crippen MR) is 92.0 cm³/mol. The molecule has 1 fully saturated rings. The molecule has 1 heterocycles. The number of non-ortho nitro benzene ring substituents is 2. The van der Waals surface area contributed by atoms with Crippen molar-refractivity contribution in [1.82, 2.24) is 0 Å². The number of nitro benzene ring substituents is 2. The molecule has 0 radical (unpaired) electrons. The second kappa shape index (κ2) is 7.61. The van der Waals surface area contributed by atoms with Crippen LogP contribution in [-0.4, -0.2) is 34.1 Å². The van der Waals surface area contributed by atoms with E-state index in [1.807, 2.05) is 20.8 Å². The third-order valence-corrected chi connectivity index (χ3v) is 4.15. The second-order valence-electron chi connectivity index (χ2n) is 6.59. The van der Waals surface area contributed by atoms with Crippen LogP contribution in [0.15, 0.2) is 29.8 Å². The number of epoxide rings is 1. The summed E-state index contributed by atoms with van der Waals surface area (Å²) in [4.78, 5) is 32.2. The van der Waals surface area contributed by atoms with Gasteiger partial charge in [-0.15, -0.1) is 0 Å². The van der Waals surface area contributed by atoms with Gasteiger partial charge in [0.1, 0.15) is 12.7 Å². The molecule has 9 nitrogen and oxygen atoms in total.